The molecule has 0 aromatic rings. The van der Waals surface area contributed by atoms with E-state index in [-0.39, 0.29) is 17.8 Å². The number of rotatable bonds is 0. The van der Waals surface area contributed by atoms with Crippen molar-refractivity contribution in [2.45, 2.75) is 27.0 Å². The molecule has 0 aromatic heterocycles. The number of nitrogens with two attached hydrogens (primary N) is 1. The second-order valence-corrected chi connectivity index (χ2v) is 2.81. The first-order chi connectivity index (χ1) is 2.94. The van der Waals surface area contributed by atoms with E-state index in [4.69, 9.17) is 10.8 Å². The zero-order valence-corrected chi connectivity index (χ0v) is 6.33. The molecule has 0 aliphatic rings. The third-order valence-corrected chi connectivity index (χ3v) is 0.887. The van der Waals surface area contributed by atoms with Crippen LogP contribution in [0.2, 0.25) is 0 Å². The average Bonchev–Trinajstić information content (AvgIpc) is 1.31. The van der Waals surface area contributed by atoms with Gasteiger partial charge in [-0.1, -0.05) is 20.8 Å². The van der Waals surface area contributed by atoms with Gasteiger partial charge in [0.2, 0.25) is 0 Å². The van der Waals surface area contributed by atoms with Gasteiger partial charge in [-0.2, -0.15) is 0 Å². The van der Waals surface area contributed by atoms with Gasteiger partial charge in [-0.25, -0.2) is 0 Å². The number of aliphatic hydroxyl groups is 1. The summed E-state index contributed by atoms with van der Waals surface area (Å²) in [5.41, 5.74) is 4.96. The molecule has 0 heterocycles. The lowest BCUT2D eigenvalue weighted by atomic mass is 9.95. The van der Waals surface area contributed by atoms with Gasteiger partial charge in [-0.05, 0) is 0 Å². The molecule has 0 rings (SSSR count). The van der Waals surface area contributed by atoms with Gasteiger partial charge >= 0.3 is 0 Å². The summed E-state index contributed by atoms with van der Waals surface area (Å²) in [5, 5.41) is 8.67. The van der Waals surface area contributed by atoms with E-state index in [2.05, 4.69) is 0 Å². The van der Waals surface area contributed by atoms with Crippen LogP contribution < -0.4 is 5.73 Å². The van der Waals surface area contributed by atoms with Crippen LogP contribution in [0.1, 0.15) is 20.8 Å². The lowest BCUT2D eigenvalue weighted by Gasteiger charge is -2.20. The van der Waals surface area contributed by atoms with Crippen LogP contribution in [0.4, 0.5) is 0 Å². The van der Waals surface area contributed by atoms with Crippen molar-refractivity contribution < 1.29 is 5.11 Å². The second-order valence-electron chi connectivity index (χ2n) is 2.81. The van der Waals surface area contributed by atoms with E-state index < -0.39 is 6.23 Å². The maximum absolute atomic E-state index is 8.67. The molecule has 0 aliphatic carbocycles. The van der Waals surface area contributed by atoms with Gasteiger partial charge in [-0.3, -0.25) is 0 Å². The highest BCUT2D eigenvalue weighted by Gasteiger charge is 2.16. The minimum atomic E-state index is -0.701. The molecule has 3 N–H and O–H groups in total. The maximum atomic E-state index is 8.67. The smallest absolute Gasteiger partial charge is 0.107 e. The van der Waals surface area contributed by atoms with E-state index in [0.717, 1.165) is 0 Å². The Morgan fingerprint density at radius 3 is 1.50 bits per heavy atom. The summed E-state index contributed by atoms with van der Waals surface area (Å²) in [7, 11) is 0. The molecule has 8 heavy (non-hydrogen) atoms. The minimum Gasteiger partial charge on any atom is -0.378 e. The number of halogens is 1. The van der Waals surface area contributed by atoms with Crippen LogP contribution in [0.3, 0.4) is 0 Å². The van der Waals surface area contributed by atoms with E-state index in [1.807, 2.05) is 20.8 Å². The Bertz CT molecular complexity index is 57.9. The van der Waals surface area contributed by atoms with Crippen molar-refractivity contribution in [1.29, 1.82) is 0 Å². The van der Waals surface area contributed by atoms with Gasteiger partial charge in [0.05, 0.1) is 0 Å². The summed E-state index contributed by atoms with van der Waals surface area (Å²) >= 11 is 0. The molecular weight excluding hydrogens is 126 g/mol. The molecule has 2 nitrogen and oxygen atoms in total. The molecule has 0 saturated heterocycles. The normalized spacial score (nSPS) is 14.6. The SMILES string of the molecule is CC(C)(C)C(N)O.Cl. The lowest BCUT2D eigenvalue weighted by Crippen LogP contribution is -2.34. The van der Waals surface area contributed by atoms with Crippen LogP contribution in [-0.2, 0) is 0 Å². The first-order valence-electron chi connectivity index (χ1n) is 2.38. The van der Waals surface area contributed by atoms with Crippen molar-refractivity contribution in [1.82, 2.24) is 0 Å². The molecule has 1 unspecified atom stereocenters. The van der Waals surface area contributed by atoms with E-state index in [0.29, 0.717) is 0 Å². The van der Waals surface area contributed by atoms with E-state index in [9.17, 15) is 0 Å². The molecule has 0 aliphatic heterocycles. The Kier molecular flexibility index (Phi) is 4.53. The van der Waals surface area contributed by atoms with Gasteiger partial charge in [0.25, 0.3) is 0 Å². The highest BCUT2D eigenvalue weighted by molar-refractivity contribution is 5.85. The molecule has 0 bridgehead atoms. The van der Waals surface area contributed by atoms with Crippen LogP contribution in [0, 0.1) is 5.41 Å². The molecule has 0 saturated carbocycles. The standard InChI is InChI=1S/C5H13NO.ClH/c1-5(2,3)4(6)7;/h4,7H,6H2,1-3H3;1H. The van der Waals surface area contributed by atoms with Gasteiger partial charge < -0.3 is 10.8 Å². The molecule has 52 valence electrons. The quantitative estimate of drug-likeness (QED) is 0.486. The Hall–Kier alpha value is 0.210. The Morgan fingerprint density at radius 1 is 1.38 bits per heavy atom. The van der Waals surface area contributed by atoms with E-state index >= 15 is 0 Å². The van der Waals surface area contributed by atoms with Gasteiger partial charge in [0.15, 0.2) is 0 Å². The van der Waals surface area contributed by atoms with Crippen LogP contribution in [-0.4, -0.2) is 11.3 Å². The molecule has 0 amide bonds. The fraction of sp³-hybridized carbons (Fsp3) is 1.00. The Labute approximate surface area is 56.5 Å². The average molecular weight is 140 g/mol. The molecule has 0 spiro atoms. The van der Waals surface area contributed by atoms with Gasteiger partial charge in [0.1, 0.15) is 6.23 Å². The Balaban J connectivity index is 0. The Morgan fingerprint density at radius 2 is 1.50 bits per heavy atom. The van der Waals surface area contributed by atoms with Crippen LogP contribution >= 0.6 is 12.4 Å². The first-order valence-corrected chi connectivity index (χ1v) is 2.38. The topological polar surface area (TPSA) is 46.2 Å². The highest BCUT2D eigenvalue weighted by Crippen LogP contribution is 2.13. The second kappa shape index (κ2) is 3.28. The van der Waals surface area contributed by atoms with Gasteiger partial charge in [-0.15, -0.1) is 12.4 Å². The van der Waals surface area contributed by atoms with Crippen molar-refractivity contribution in [2.24, 2.45) is 11.1 Å². The summed E-state index contributed by atoms with van der Waals surface area (Å²) in [6.07, 6.45) is -0.701. The molecule has 0 fully saturated rings. The van der Waals surface area contributed by atoms with E-state index in [1.165, 1.54) is 0 Å². The predicted octanol–water partition coefficient (Wildman–Crippen LogP) is 0.731. The first kappa shape index (κ1) is 11.1. The zero-order chi connectivity index (χ0) is 6.08. The van der Waals surface area contributed by atoms with Crippen molar-refractivity contribution in [2.75, 3.05) is 0 Å². The number of hydrogen-bond donors (Lipinski definition) is 2. The maximum Gasteiger partial charge on any atom is 0.107 e. The number of hydrogen-bond acceptors (Lipinski definition) is 2. The summed E-state index contributed by atoms with van der Waals surface area (Å²) in [6.45, 7) is 5.66. The minimum absolute atomic E-state index is 0. The van der Waals surface area contributed by atoms with Crippen LogP contribution in [0.5, 0.6) is 0 Å². The van der Waals surface area contributed by atoms with Crippen molar-refractivity contribution in [3.8, 4) is 0 Å². The third-order valence-electron chi connectivity index (χ3n) is 0.887. The molecular formula is C5H14ClNO. The van der Waals surface area contributed by atoms with E-state index in [1.54, 1.807) is 0 Å². The summed E-state index contributed by atoms with van der Waals surface area (Å²) in [4.78, 5) is 0. The molecule has 3 heteroatoms. The molecule has 1 atom stereocenters. The number of aliphatic hydroxyl groups excluding tert-OH is 1. The molecule has 0 aromatic carbocycles. The highest BCUT2D eigenvalue weighted by atomic mass is 35.5. The summed E-state index contributed by atoms with van der Waals surface area (Å²) in [5.74, 6) is 0. The monoisotopic (exact) mass is 139 g/mol. The summed E-state index contributed by atoms with van der Waals surface area (Å²) in [6, 6.07) is 0. The van der Waals surface area contributed by atoms with Crippen molar-refractivity contribution in [3.05, 3.63) is 0 Å². The van der Waals surface area contributed by atoms with Crippen molar-refractivity contribution in [3.63, 3.8) is 0 Å². The fourth-order valence-corrected chi connectivity index (χ4v) is 0. The third kappa shape index (κ3) is 4.37. The van der Waals surface area contributed by atoms with Crippen LogP contribution in [0.25, 0.3) is 0 Å². The molecule has 0 radical (unpaired) electrons. The van der Waals surface area contributed by atoms with Crippen LogP contribution in [0.15, 0.2) is 0 Å². The van der Waals surface area contributed by atoms with Gasteiger partial charge in [0, 0.05) is 5.41 Å². The lowest BCUT2D eigenvalue weighted by molar-refractivity contribution is 0.0692. The zero-order valence-electron chi connectivity index (χ0n) is 5.51. The summed E-state index contributed by atoms with van der Waals surface area (Å²) < 4.78 is 0. The van der Waals surface area contributed by atoms with Crippen molar-refractivity contribution >= 4 is 12.4 Å². The fourth-order valence-electron chi connectivity index (χ4n) is 0. The predicted molar refractivity (Wildman–Crippen MR) is 36.9 cm³/mol. The largest absolute Gasteiger partial charge is 0.378 e.